The van der Waals surface area contributed by atoms with Crippen LogP contribution < -0.4 is 10.5 Å². The van der Waals surface area contributed by atoms with Crippen LogP contribution in [0.5, 0.6) is 11.5 Å². The van der Waals surface area contributed by atoms with Gasteiger partial charge in [-0.1, -0.05) is 0 Å². The molecule has 0 aliphatic heterocycles. The van der Waals surface area contributed by atoms with Crippen LogP contribution in [0.25, 0.3) is 0 Å². The molecule has 0 unspecified atom stereocenters. The van der Waals surface area contributed by atoms with Crippen molar-refractivity contribution < 1.29 is 27.4 Å². The summed E-state index contributed by atoms with van der Waals surface area (Å²) in [4.78, 5) is 11.7. The second kappa shape index (κ2) is 5.65. The molecule has 21 heavy (non-hydrogen) atoms. The predicted molar refractivity (Wildman–Crippen MR) is 71.6 cm³/mol. The highest BCUT2D eigenvalue weighted by atomic mass is 32.1. The third-order valence-corrected chi connectivity index (χ3v) is 3.43. The van der Waals surface area contributed by atoms with Crippen LogP contribution in [0.2, 0.25) is 0 Å². The molecule has 0 radical (unpaired) electrons. The fourth-order valence-electron chi connectivity index (χ4n) is 1.56. The number of hydrogen-bond donors (Lipinski definition) is 1. The molecular formula is C13H10F3NO3S. The van der Waals surface area contributed by atoms with Gasteiger partial charge in [-0.2, -0.15) is 13.2 Å². The van der Waals surface area contributed by atoms with Crippen molar-refractivity contribution in [3.05, 3.63) is 40.1 Å². The van der Waals surface area contributed by atoms with Crippen molar-refractivity contribution in [3.8, 4) is 11.5 Å². The largest absolute Gasteiger partial charge is 0.465 e. The van der Waals surface area contributed by atoms with Gasteiger partial charge in [0.05, 0.1) is 18.4 Å². The quantitative estimate of drug-likeness (QED) is 0.688. The summed E-state index contributed by atoms with van der Waals surface area (Å²) in [6, 6.07) is 4.25. The number of alkyl halides is 3. The number of hydrogen-bond acceptors (Lipinski definition) is 5. The van der Waals surface area contributed by atoms with Crippen molar-refractivity contribution in [2.24, 2.45) is 0 Å². The van der Waals surface area contributed by atoms with Crippen LogP contribution in [0.4, 0.5) is 18.9 Å². The van der Waals surface area contributed by atoms with Gasteiger partial charge in [-0.15, -0.1) is 11.3 Å². The highest BCUT2D eigenvalue weighted by molar-refractivity contribution is 7.12. The van der Waals surface area contributed by atoms with Crippen LogP contribution in [0.15, 0.2) is 29.6 Å². The van der Waals surface area contributed by atoms with E-state index in [9.17, 15) is 18.0 Å². The maximum absolute atomic E-state index is 12.5. The Kier molecular flexibility index (Phi) is 4.08. The predicted octanol–water partition coefficient (Wildman–Crippen LogP) is 3.93. The van der Waals surface area contributed by atoms with Crippen LogP contribution in [0, 0.1) is 0 Å². The number of halogens is 3. The Morgan fingerprint density at radius 1 is 1.24 bits per heavy atom. The summed E-state index contributed by atoms with van der Waals surface area (Å²) in [5, 5.41) is 1.60. The molecule has 1 aromatic carbocycles. The number of thiophene rings is 1. The first kappa shape index (κ1) is 15.2. The number of anilines is 1. The van der Waals surface area contributed by atoms with Gasteiger partial charge in [0.15, 0.2) is 10.6 Å². The zero-order chi connectivity index (χ0) is 15.6. The minimum atomic E-state index is -4.48. The van der Waals surface area contributed by atoms with E-state index in [1.165, 1.54) is 13.2 Å². The average molecular weight is 317 g/mol. The molecule has 1 aromatic heterocycles. The molecule has 0 aliphatic rings. The normalized spacial score (nSPS) is 11.2. The SMILES string of the molecule is COC(=O)c1sccc1Oc1ccc(C(F)(F)F)cc1N. The van der Waals surface area contributed by atoms with Gasteiger partial charge in [-0.05, 0) is 29.6 Å². The van der Waals surface area contributed by atoms with E-state index in [0.29, 0.717) is 0 Å². The molecule has 1 heterocycles. The molecule has 0 bridgehead atoms. The lowest BCUT2D eigenvalue weighted by atomic mass is 10.2. The number of ether oxygens (including phenoxy) is 2. The molecular weight excluding hydrogens is 307 g/mol. The molecule has 0 aliphatic carbocycles. The third kappa shape index (κ3) is 3.27. The summed E-state index contributed by atoms with van der Waals surface area (Å²) in [5.74, 6) is -0.379. The second-order valence-corrected chi connectivity index (χ2v) is 4.87. The van der Waals surface area contributed by atoms with Gasteiger partial charge in [0.1, 0.15) is 5.75 Å². The lowest BCUT2D eigenvalue weighted by molar-refractivity contribution is -0.137. The molecule has 8 heteroatoms. The van der Waals surface area contributed by atoms with E-state index in [4.69, 9.17) is 10.5 Å². The summed E-state index contributed by atoms with van der Waals surface area (Å²) in [6.07, 6.45) is -4.48. The second-order valence-electron chi connectivity index (χ2n) is 3.96. The summed E-state index contributed by atoms with van der Waals surface area (Å²) in [5.41, 5.74) is 4.51. The van der Waals surface area contributed by atoms with Gasteiger partial charge in [0.2, 0.25) is 0 Å². The number of carbonyl (C=O) groups is 1. The Bertz CT molecular complexity index is 667. The van der Waals surface area contributed by atoms with Crippen LogP contribution in [0.1, 0.15) is 15.2 Å². The molecule has 0 saturated carbocycles. The van der Waals surface area contributed by atoms with Crippen molar-refractivity contribution in [2.45, 2.75) is 6.18 Å². The first-order valence-electron chi connectivity index (χ1n) is 5.63. The standard InChI is InChI=1S/C13H10F3NO3S/c1-19-12(18)11-10(4-5-21-11)20-9-3-2-7(6-8(9)17)13(14,15)16/h2-6H,17H2,1H3. The first-order valence-corrected chi connectivity index (χ1v) is 6.51. The zero-order valence-electron chi connectivity index (χ0n) is 10.7. The molecule has 0 spiro atoms. The summed E-state index contributed by atoms with van der Waals surface area (Å²) in [7, 11) is 1.22. The van der Waals surface area contributed by atoms with E-state index >= 15 is 0 Å². The number of nitrogens with two attached hydrogens (primary N) is 1. The van der Waals surface area contributed by atoms with E-state index < -0.39 is 17.7 Å². The van der Waals surface area contributed by atoms with Crippen molar-refractivity contribution in [3.63, 3.8) is 0 Å². The number of methoxy groups -OCH3 is 1. The molecule has 2 rings (SSSR count). The van der Waals surface area contributed by atoms with Crippen LogP contribution in [0.3, 0.4) is 0 Å². The topological polar surface area (TPSA) is 61.5 Å². The minimum Gasteiger partial charge on any atom is -0.465 e. The molecule has 2 aromatic rings. The van der Waals surface area contributed by atoms with E-state index in [0.717, 1.165) is 29.5 Å². The summed E-state index contributed by atoms with van der Waals surface area (Å²) < 4.78 is 47.6. The summed E-state index contributed by atoms with van der Waals surface area (Å²) in [6.45, 7) is 0. The Labute approximate surface area is 121 Å². The van der Waals surface area contributed by atoms with Crippen molar-refractivity contribution in [2.75, 3.05) is 12.8 Å². The number of nitrogen functional groups attached to an aromatic ring is 1. The third-order valence-electron chi connectivity index (χ3n) is 2.56. The van der Waals surface area contributed by atoms with Gasteiger partial charge in [0.25, 0.3) is 0 Å². The first-order chi connectivity index (χ1) is 9.82. The molecule has 2 N–H and O–H groups in total. The smallest absolute Gasteiger partial charge is 0.416 e. The highest BCUT2D eigenvalue weighted by Gasteiger charge is 2.31. The lowest BCUT2D eigenvalue weighted by Crippen LogP contribution is -2.06. The molecule has 0 saturated heterocycles. The number of esters is 1. The van der Waals surface area contributed by atoms with E-state index in [1.54, 1.807) is 5.38 Å². The van der Waals surface area contributed by atoms with E-state index in [-0.39, 0.29) is 22.1 Å². The van der Waals surface area contributed by atoms with Gasteiger partial charge < -0.3 is 15.2 Å². The Morgan fingerprint density at radius 3 is 2.52 bits per heavy atom. The van der Waals surface area contributed by atoms with Crippen LogP contribution >= 0.6 is 11.3 Å². The van der Waals surface area contributed by atoms with Gasteiger partial charge in [-0.3, -0.25) is 0 Å². The monoisotopic (exact) mass is 317 g/mol. The van der Waals surface area contributed by atoms with Gasteiger partial charge in [-0.25, -0.2) is 4.79 Å². The highest BCUT2D eigenvalue weighted by Crippen LogP contribution is 2.37. The maximum Gasteiger partial charge on any atom is 0.416 e. The van der Waals surface area contributed by atoms with Gasteiger partial charge >= 0.3 is 12.1 Å². The van der Waals surface area contributed by atoms with Crippen molar-refractivity contribution >= 4 is 23.0 Å². The number of benzene rings is 1. The Hall–Kier alpha value is -2.22. The number of rotatable bonds is 3. The molecule has 112 valence electrons. The molecule has 0 atom stereocenters. The molecule has 0 fully saturated rings. The van der Waals surface area contributed by atoms with Gasteiger partial charge in [0, 0.05) is 0 Å². The minimum absolute atomic E-state index is 0.0338. The fourth-order valence-corrected chi connectivity index (χ4v) is 2.29. The van der Waals surface area contributed by atoms with Crippen LogP contribution in [-0.2, 0) is 10.9 Å². The van der Waals surface area contributed by atoms with E-state index in [2.05, 4.69) is 4.74 Å². The van der Waals surface area contributed by atoms with Crippen LogP contribution in [-0.4, -0.2) is 13.1 Å². The lowest BCUT2D eigenvalue weighted by Gasteiger charge is -2.11. The average Bonchev–Trinajstić information content (AvgIpc) is 2.87. The molecule has 0 amide bonds. The zero-order valence-corrected chi connectivity index (χ0v) is 11.5. The fraction of sp³-hybridized carbons (Fsp3) is 0.154. The summed E-state index contributed by atoms with van der Waals surface area (Å²) >= 11 is 1.09. The Balaban J connectivity index is 2.29. The van der Waals surface area contributed by atoms with E-state index in [1.807, 2.05) is 0 Å². The Morgan fingerprint density at radius 2 is 1.95 bits per heavy atom. The maximum atomic E-state index is 12.5. The van der Waals surface area contributed by atoms with Crippen molar-refractivity contribution in [1.82, 2.24) is 0 Å². The number of carbonyl (C=O) groups excluding carboxylic acids is 1. The molecule has 4 nitrogen and oxygen atoms in total. The van der Waals surface area contributed by atoms with Crippen molar-refractivity contribution in [1.29, 1.82) is 0 Å².